The van der Waals surface area contributed by atoms with Crippen molar-refractivity contribution >= 4 is 29.9 Å². The van der Waals surface area contributed by atoms with Gasteiger partial charge in [-0.05, 0) is 56.2 Å². The van der Waals surface area contributed by atoms with E-state index in [0.717, 1.165) is 44.4 Å². The molecule has 2 aliphatic rings. The maximum Gasteiger partial charge on any atom is 0.191 e. The second kappa shape index (κ2) is 7.62. The summed E-state index contributed by atoms with van der Waals surface area (Å²) in [5.41, 5.74) is 1.35. The molecule has 2 aliphatic carbocycles. The van der Waals surface area contributed by atoms with Crippen LogP contribution in [0.4, 0.5) is 4.39 Å². The normalized spacial score (nSPS) is 19.3. The Balaban J connectivity index is 0.00000176. The second-order valence-electron chi connectivity index (χ2n) is 6.31. The van der Waals surface area contributed by atoms with Gasteiger partial charge in [0, 0.05) is 18.5 Å². The number of nitrogens with one attached hydrogen (secondary N) is 2. The molecule has 0 spiro atoms. The molecular formula is C17H25FIN3. The van der Waals surface area contributed by atoms with Crippen LogP contribution < -0.4 is 10.6 Å². The van der Waals surface area contributed by atoms with Gasteiger partial charge in [-0.25, -0.2) is 4.39 Å². The number of nitrogens with zero attached hydrogens (tertiary/aromatic N) is 1. The Kier molecular flexibility index (Phi) is 6.06. The van der Waals surface area contributed by atoms with Crippen molar-refractivity contribution in [3.8, 4) is 0 Å². The zero-order chi connectivity index (χ0) is 14.7. The summed E-state index contributed by atoms with van der Waals surface area (Å²) in [6.07, 6.45) is 4.96. The minimum absolute atomic E-state index is 0. The van der Waals surface area contributed by atoms with Crippen molar-refractivity contribution in [3.05, 3.63) is 35.6 Å². The molecule has 0 amide bonds. The minimum Gasteiger partial charge on any atom is -0.357 e. The van der Waals surface area contributed by atoms with Crippen LogP contribution in [0.5, 0.6) is 0 Å². The monoisotopic (exact) mass is 417 g/mol. The Labute approximate surface area is 149 Å². The highest BCUT2D eigenvalue weighted by molar-refractivity contribution is 14.0. The molecule has 0 atom stereocenters. The lowest BCUT2D eigenvalue weighted by atomic mass is 9.96. The Morgan fingerprint density at radius 2 is 1.91 bits per heavy atom. The minimum atomic E-state index is -0.169. The zero-order valence-electron chi connectivity index (χ0n) is 13.1. The van der Waals surface area contributed by atoms with Crippen molar-refractivity contribution in [1.82, 2.24) is 10.6 Å². The molecule has 122 valence electrons. The average molecular weight is 417 g/mol. The van der Waals surface area contributed by atoms with Crippen LogP contribution in [0.15, 0.2) is 29.3 Å². The van der Waals surface area contributed by atoms with E-state index in [2.05, 4.69) is 17.6 Å². The Bertz CT molecular complexity index is 507. The van der Waals surface area contributed by atoms with E-state index in [1.165, 1.54) is 18.4 Å². The number of rotatable bonds is 6. The molecule has 5 heteroatoms. The smallest absolute Gasteiger partial charge is 0.191 e. The number of hydrogen-bond acceptors (Lipinski definition) is 1. The van der Waals surface area contributed by atoms with Crippen molar-refractivity contribution in [2.45, 2.75) is 38.0 Å². The van der Waals surface area contributed by atoms with Crippen molar-refractivity contribution in [3.63, 3.8) is 0 Å². The van der Waals surface area contributed by atoms with Gasteiger partial charge in [-0.3, -0.25) is 4.99 Å². The molecule has 0 unspecified atom stereocenters. The van der Waals surface area contributed by atoms with Gasteiger partial charge in [0.15, 0.2) is 5.96 Å². The fourth-order valence-electron chi connectivity index (χ4n) is 2.63. The van der Waals surface area contributed by atoms with Gasteiger partial charge >= 0.3 is 0 Å². The molecule has 0 bridgehead atoms. The van der Waals surface area contributed by atoms with E-state index in [1.54, 1.807) is 12.1 Å². The summed E-state index contributed by atoms with van der Waals surface area (Å²) in [6, 6.07) is 6.91. The third-order valence-corrected chi connectivity index (χ3v) is 4.45. The summed E-state index contributed by atoms with van der Waals surface area (Å²) < 4.78 is 13.0. The van der Waals surface area contributed by atoms with E-state index in [1.807, 2.05) is 12.1 Å². The first-order valence-corrected chi connectivity index (χ1v) is 8.00. The fourth-order valence-corrected chi connectivity index (χ4v) is 2.63. The van der Waals surface area contributed by atoms with Gasteiger partial charge in [-0.1, -0.05) is 12.1 Å². The van der Waals surface area contributed by atoms with Gasteiger partial charge in [0.1, 0.15) is 5.82 Å². The second-order valence-corrected chi connectivity index (χ2v) is 6.31. The van der Waals surface area contributed by atoms with E-state index >= 15 is 0 Å². The van der Waals surface area contributed by atoms with Gasteiger partial charge in [0.25, 0.3) is 0 Å². The molecule has 2 fully saturated rings. The van der Waals surface area contributed by atoms with Crippen LogP contribution in [0.3, 0.4) is 0 Å². The standard InChI is InChI=1S/C17H24FN3.HI/c1-2-19-16(20-11-13-3-4-13)21-12-17(9-10-17)14-5-7-15(18)8-6-14;/h5-8,13H,2-4,9-12H2,1H3,(H2,19,20,21);1H. The predicted octanol–water partition coefficient (Wildman–Crippen LogP) is 3.44. The van der Waals surface area contributed by atoms with Crippen molar-refractivity contribution < 1.29 is 4.39 Å². The molecule has 0 aromatic heterocycles. The van der Waals surface area contributed by atoms with Crippen LogP contribution in [-0.2, 0) is 5.41 Å². The lowest BCUT2D eigenvalue weighted by Crippen LogP contribution is -2.39. The van der Waals surface area contributed by atoms with Crippen LogP contribution in [0, 0.1) is 11.7 Å². The quantitative estimate of drug-likeness (QED) is 0.423. The highest BCUT2D eigenvalue weighted by Crippen LogP contribution is 2.48. The molecule has 1 aromatic carbocycles. The SMILES string of the molecule is CCNC(=NCC1(c2ccc(F)cc2)CC1)NCC1CC1.I. The summed E-state index contributed by atoms with van der Waals surface area (Å²) in [4.78, 5) is 4.75. The molecule has 0 aliphatic heterocycles. The van der Waals surface area contributed by atoms with Crippen LogP contribution in [0.2, 0.25) is 0 Å². The van der Waals surface area contributed by atoms with Gasteiger partial charge in [-0.2, -0.15) is 0 Å². The van der Waals surface area contributed by atoms with Gasteiger partial charge in [0.2, 0.25) is 0 Å². The van der Waals surface area contributed by atoms with E-state index in [9.17, 15) is 4.39 Å². The first-order chi connectivity index (χ1) is 10.2. The van der Waals surface area contributed by atoms with Crippen LogP contribution >= 0.6 is 24.0 Å². The Morgan fingerprint density at radius 3 is 2.45 bits per heavy atom. The highest BCUT2D eigenvalue weighted by atomic mass is 127. The third kappa shape index (κ3) is 4.57. The van der Waals surface area contributed by atoms with E-state index in [0.29, 0.717) is 0 Å². The number of benzene rings is 1. The molecule has 2 saturated carbocycles. The average Bonchev–Trinajstić information content (AvgIpc) is 3.37. The third-order valence-electron chi connectivity index (χ3n) is 4.45. The summed E-state index contributed by atoms with van der Waals surface area (Å²) in [5, 5.41) is 6.73. The molecule has 22 heavy (non-hydrogen) atoms. The maximum absolute atomic E-state index is 13.0. The molecule has 0 radical (unpaired) electrons. The summed E-state index contributed by atoms with van der Waals surface area (Å²) in [6.45, 7) is 4.76. The number of hydrogen-bond donors (Lipinski definition) is 2. The van der Waals surface area contributed by atoms with Crippen molar-refractivity contribution in [1.29, 1.82) is 0 Å². The molecular weight excluding hydrogens is 392 g/mol. The molecule has 2 N–H and O–H groups in total. The zero-order valence-corrected chi connectivity index (χ0v) is 15.4. The van der Waals surface area contributed by atoms with E-state index in [-0.39, 0.29) is 35.2 Å². The number of guanidine groups is 1. The first-order valence-electron chi connectivity index (χ1n) is 8.00. The lowest BCUT2D eigenvalue weighted by Gasteiger charge is -2.16. The summed E-state index contributed by atoms with van der Waals surface area (Å²) in [5.74, 6) is 1.58. The predicted molar refractivity (Wildman–Crippen MR) is 99.4 cm³/mol. The van der Waals surface area contributed by atoms with Crippen molar-refractivity contribution in [2.75, 3.05) is 19.6 Å². The largest absolute Gasteiger partial charge is 0.357 e. The number of aliphatic imine (C=N–C) groups is 1. The fraction of sp³-hybridized carbons (Fsp3) is 0.588. The first kappa shape index (κ1) is 17.5. The van der Waals surface area contributed by atoms with Gasteiger partial charge < -0.3 is 10.6 Å². The number of halogens is 2. The van der Waals surface area contributed by atoms with Gasteiger partial charge in [0.05, 0.1) is 6.54 Å². The molecule has 3 rings (SSSR count). The Morgan fingerprint density at radius 1 is 1.23 bits per heavy atom. The van der Waals surface area contributed by atoms with Crippen molar-refractivity contribution in [2.24, 2.45) is 10.9 Å². The molecule has 0 heterocycles. The van der Waals surface area contributed by atoms with E-state index in [4.69, 9.17) is 4.99 Å². The summed E-state index contributed by atoms with van der Waals surface area (Å²) in [7, 11) is 0. The summed E-state index contributed by atoms with van der Waals surface area (Å²) >= 11 is 0. The Hall–Kier alpha value is -0.850. The van der Waals surface area contributed by atoms with Crippen LogP contribution in [-0.4, -0.2) is 25.6 Å². The topological polar surface area (TPSA) is 36.4 Å². The maximum atomic E-state index is 13.0. The van der Waals surface area contributed by atoms with E-state index < -0.39 is 0 Å². The van der Waals surface area contributed by atoms with Gasteiger partial charge in [-0.15, -0.1) is 24.0 Å². The molecule has 3 nitrogen and oxygen atoms in total. The highest BCUT2D eigenvalue weighted by Gasteiger charge is 2.44. The molecule has 1 aromatic rings. The van der Waals surface area contributed by atoms with Crippen LogP contribution in [0.25, 0.3) is 0 Å². The lowest BCUT2D eigenvalue weighted by molar-refractivity contribution is 0.623. The van der Waals surface area contributed by atoms with Crippen LogP contribution in [0.1, 0.15) is 38.2 Å². The molecule has 0 saturated heterocycles.